The lowest BCUT2D eigenvalue weighted by atomic mass is 10.1. The zero-order valence-corrected chi connectivity index (χ0v) is 14.3. The Morgan fingerprint density at radius 1 is 0.957 bits per heavy atom. The van der Waals surface area contributed by atoms with Crippen LogP contribution in [-0.2, 0) is 0 Å². The van der Waals surface area contributed by atoms with Crippen LogP contribution in [0.3, 0.4) is 0 Å². The van der Waals surface area contributed by atoms with Crippen LogP contribution in [0.1, 0.15) is 24.8 Å². The molecule has 1 aliphatic heterocycles. The van der Waals surface area contributed by atoms with Crippen molar-refractivity contribution in [2.75, 3.05) is 24.5 Å². The highest BCUT2D eigenvalue weighted by molar-refractivity contribution is 6.30. The molecule has 3 atom stereocenters. The Morgan fingerprint density at radius 3 is 2.39 bits per heavy atom. The molecule has 120 valence electrons. The zero-order valence-electron chi connectivity index (χ0n) is 13.5. The van der Waals surface area contributed by atoms with E-state index in [0.29, 0.717) is 6.04 Å². The molecule has 2 nitrogen and oxygen atoms in total. The summed E-state index contributed by atoms with van der Waals surface area (Å²) in [6.45, 7) is 5.74. The molecule has 0 spiro atoms. The van der Waals surface area contributed by atoms with Crippen molar-refractivity contribution in [1.29, 1.82) is 0 Å². The fourth-order valence-electron chi connectivity index (χ4n) is 3.95. The maximum Gasteiger partial charge on any atom is 0.0407 e. The van der Waals surface area contributed by atoms with Crippen molar-refractivity contribution >= 4 is 17.3 Å². The molecule has 0 N–H and O–H groups in total. The number of hydrogen-bond acceptors (Lipinski definition) is 2. The van der Waals surface area contributed by atoms with Crippen molar-refractivity contribution < 1.29 is 0 Å². The van der Waals surface area contributed by atoms with Gasteiger partial charge in [0.05, 0.1) is 0 Å². The third-order valence-electron chi connectivity index (χ3n) is 5.27. The van der Waals surface area contributed by atoms with Gasteiger partial charge in [0.1, 0.15) is 0 Å². The quantitative estimate of drug-likeness (QED) is 0.824. The molecule has 2 aromatic rings. The van der Waals surface area contributed by atoms with Gasteiger partial charge in [0.25, 0.3) is 0 Å². The summed E-state index contributed by atoms with van der Waals surface area (Å²) in [6.07, 6.45) is 1.32. The minimum atomic E-state index is 0.543. The van der Waals surface area contributed by atoms with Crippen molar-refractivity contribution in [3.63, 3.8) is 0 Å². The maximum absolute atomic E-state index is 6.01. The van der Waals surface area contributed by atoms with E-state index < -0.39 is 0 Å². The van der Waals surface area contributed by atoms with Gasteiger partial charge in [-0.25, -0.2) is 0 Å². The second-order valence-corrected chi connectivity index (χ2v) is 7.27. The topological polar surface area (TPSA) is 6.48 Å². The third kappa shape index (κ3) is 3.11. The molecule has 1 aliphatic carbocycles. The van der Waals surface area contributed by atoms with E-state index >= 15 is 0 Å². The van der Waals surface area contributed by atoms with Crippen molar-refractivity contribution in [1.82, 2.24) is 4.90 Å². The minimum absolute atomic E-state index is 0.543. The van der Waals surface area contributed by atoms with Crippen molar-refractivity contribution in [3.05, 3.63) is 65.2 Å². The molecule has 2 fully saturated rings. The second-order valence-electron chi connectivity index (χ2n) is 6.83. The first-order chi connectivity index (χ1) is 11.2. The number of piperazine rings is 1. The Balaban J connectivity index is 1.39. The molecule has 0 bridgehead atoms. The fraction of sp³-hybridized carbons (Fsp3) is 0.400. The summed E-state index contributed by atoms with van der Waals surface area (Å²) in [4.78, 5) is 5.20. The van der Waals surface area contributed by atoms with Gasteiger partial charge in [-0.05, 0) is 43.2 Å². The van der Waals surface area contributed by atoms with Crippen LogP contribution in [0.4, 0.5) is 5.69 Å². The van der Waals surface area contributed by atoms with Crippen molar-refractivity contribution in [2.24, 2.45) is 0 Å². The first-order valence-electron chi connectivity index (χ1n) is 8.53. The van der Waals surface area contributed by atoms with Gasteiger partial charge in [-0.3, -0.25) is 4.90 Å². The van der Waals surface area contributed by atoms with Gasteiger partial charge in [0, 0.05) is 48.3 Å². The van der Waals surface area contributed by atoms with Gasteiger partial charge >= 0.3 is 0 Å². The lowest BCUT2D eigenvalue weighted by Crippen LogP contribution is -2.52. The van der Waals surface area contributed by atoms with E-state index in [1.165, 1.54) is 17.7 Å². The predicted octanol–water partition coefficient (Wildman–Crippen LogP) is 4.41. The van der Waals surface area contributed by atoms with Crippen LogP contribution in [-0.4, -0.2) is 36.6 Å². The van der Waals surface area contributed by atoms with Crippen LogP contribution < -0.4 is 4.90 Å². The lowest BCUT2D eigenvalue weighted by Gasteiger charge is -2.41. The number of hydrogen-bond donors (Lipinski definition) is 0. The van der Waals surface area contributed by atoms with Crippen molar-refractivity contribution in [2.45, 2.75) is 31.3 Å². The van der Waals surface area contributed by atoms with Crippen LogP contribution in [0, 0.1) is 0 Å². The normalized spacial score (nSPS) is 27.9. The summed E-state index contributed by atoms with van der Waals surface area (Å²) in [6, 6.07) is 20.5. The highest BCUT2D eigenvalue weighted by Crippen LogP contribution is 2.45. The molecule has 3 heteroatoms. The highest BCUT2D eigenvalue weighted by atomic mass is 35.5. The molecule has 2 aromatic carbocycles. The molecular weight excluding hydrogens is 304 g/mol. The van der Waals surface area contributed by atoms with E-state index in [4.69, 9.17) is 11.6 Å². The van der Waals surface area contributed by atoms with E-state index in [-0.39, 0.29) is 0 Å². The number of anilines is 1. The summed E-state index contributed by atoms with van der Waals surface area (Å²) in [5.74, 6) is 0.741. The van der Waals surface area contributed by atoms with Gasteiger partial charge in [-0.2, -0.15) is 0 Å². The average molecular weight is 327 g/mol. The van der Waals surface area contributed by atoms with Crippen molar-refractivity contribution in [3.8, 4) is 0 Å². The summed E-state index contributed by atoms with van der Waals surface area (Å²) < 4.78 is 0. The van der Waals surface area contributed by atoms with E-state index in [9.17, 15) is 0 Å². The van der Waals surface area contributed by atoms with Gasteiger partial charge in [0.2, 0.25) is 0 Å². The Labute approximate surface area is 143 Å². The molecule has 23 heavy (non-hydrogen) atoms. The Morgan fingerprint density at radius 2 is 1.70 bits per heavy atom. The standard InChI is InChI=1S/C20H23ClN2/c1-15-14-22(20-13-19(20)16-5-3-2-4-6-16)11-12-23(15)18-9-7-17(21)8-10-18/h2-10,15,19-20H,11-14H2,1H3. The fourth-order valence-corrected chi connectivity index (χ4v) is 4.07. The number of rotatable bonds is 3. The van der Waals surface area contributed by atoms with Crippen LogP contribution >= 0.6 is 11.6 Å². The third-order valence-corrected chi connectivity index (χ3v) is 5.52. The highest BCUT2D eigenvalue weighted by Gasteiger charge is 2.44. The van der Waals surface area contributed by atoms with Gasteiger partial charge in [0.15, 0.2) is 0 Å². The Hall–Kier alpha value is -1.51. The molecule has 1 saturated heterocycles. The van der Waals surface area contributed by atoms with Gasteiger partial charge in [-0.15, -0.1) is 0 Å². The van der Waals surface area contributed by atoms with E-state index in [1.807, 2.05) is 12.1 Å². The lowest BCUT2D eigenvalue weighted by molar-refractivity contribution is 0.216. The molecule has 0 aromatic heterocycles. The number of halogens is 1. The summed E-state index contributed by atoms with van der Waals surface area (Å²) >= 11 is 6.01. The van der Waals surface area contributed by atoms with Gasteiger partial charge < -0.3 is 4.90 Å². The number of benzene rings is 2. The van der Waals surface area contributed by atoms with E-state index in [0.717, 1.165) is 36.6 Å². The molecule has 3 unspecified atom stereocenters. The first kappa shape index (κ1) is 15.0. The summed E-state index contributed by atoms with van der Waals surface area (Å²) in [5, 5.41) is 0.809. The molecule has 2 aliphatic rings. The van der Waals surface area contributed by atoms with Crippen LogP contribution in [0.15, 0.2) is 54.6 Å². The number of nitrogens with zero attached hydrogens (tertiary/aromatic N) is 2. The molecule has 0 amide bonds. The van der Waals surface area contributed by atoms with E-state index in [2.05, 4.69) is 59.2 Å². The molecule has 0 radical (unpaired) electrons. The van der Waals surface area contributed by atoms with E-state index in [1.54, 1.807) is 0 Å². The smallest absolute Gasteiger partial charge is 0.0407 e. The average Bonchev–Trinajstić information content (AvgIpc) is 3.37. The van der Waals surface area contributed by atoms with Crippen LogP contribution in [0.25, 0.3) is 0 Å². The maximum atomic E-state index is 6.01. The summed E-state index contributed by atoms with van der Waals surface area (Å²) in [5.41, 5.74) is 2.79. The molecule has 4 rings (SSSR count). The van der Waals surface area contributed by atoms with Crippen LogP contribution in [0.2, 0.25) is 5.02 Å². The molecule has 1 heterocycles. The zero-order chi connectivity index (χ0) is 15.8. The predicted molar refractivity (Wildman–Crippen MR) is 97.4 cm³/mol. The SMILES string of the molecule is CC1CN(C2CC2c2ccccc2)CCN1c1ccc(Cl)cc1. The minimum Gasteiger partial charge on any atom is -0.366 e. The molecular formula is C20H23ClN2. The largest absolute Gasteiger partial charge is 0.366 e. The molecule has 1 saturated carbocycles. The van der Waals surface area contributed by atoms with Gasteiger partial charge in [-0.1, -0.05) is 41.9 Å². The van der Waals surface area contributed by atoms with Crippen LogP contribution in [0.5, 0.6) is 0 Å². The second kappa shape index (κ2) is 6.18. The Bertz CT molecular complexity index is 655. The monoisotopic (exact) mass is 326 g/mol. The summed E-state index contributed by atoms with van der Waals surface area (Å²) in [7, 11) is 0. The first-order valence-corrected chi connectivity index (χ1v) is 8.91. The Kier molecular flexibility index (Phi) is 4.04.